The molecule has 20 nitrogen and oxygen atoms in total. The minimum Gasteiger partial charge on any atom is -0.455 e. The van der Waals surface area contributed by atoms with Crippen LogP contribution < -0.4 is 25.0 Å². The lowest BCUT2D eigenvalue weighted by Crippen LogP contribution is -2.54. The van der Waals surface area contributed by atoms with E-state index in [0.717, 1.165) is 86.9 Å². The van der Waals surface area contributed by atoms with E-state index in [2.05, 4.69) is 66.0 Å². The van der Waals surface area contributed by atoms with Gasteiger partial charge in [0.25, 0.3) is 33.4 Å². The molecule has 1 unspecified atom stereocenters. The third-order valence-corrected chi connectivity index (χ3v) is 19.0. The average molecular weight is 1180 g/mol. The normalized spacial score (nSPS) is 19.0. The third kappa shape index (κ3) is 12.7. The first-order valence-corrected chi connectivity index (χ1v) is 30.7. The van der Waals surface area contributed by atoms with Crippen LogP contribution in [0.25, 0.3) is 16.6 Å². The highest BCUT2D eigenvalue weighted by Crippen LogP contribution is 2.44. The van der Waals surface area contributed by atoms with Gasteiger partial charge in [0.1, 0.15) is 28.9 Å². The van der Waals surface area contributed by atoms with E-state index in [1.807, 2.05) is 18.2 Å². The van der Waals surface area contributed by atoms with Crippen molar-refractivity contribution in [3.05, 3.63) is 146 Å². The van der Waals surface area contributed by atoms with Crippen molar-refractivity contribution >= 4 is 96.6 Å². The second-order valence-electron chi connectivity index (χ2n) is 22.6. The lowest BCUT2D eigenvalue weighted by atomic mass is 9.72. The van der Waals surface area contributed by atoms with Gasteiger partial charge in [-0.1, -0.05) is 49.2 Å². The van der Waals surface area contributed by atoms with Crippen LogP contribution >= 0.6 is 23.4 Å². The number of nitro benzene ring substituents is 1. The number of aromatic nitrogens is 2. The Morgan fingerprint density at radius 2 is 1.69 bits per heavy atom. The Balaban J connectivity index is 0.708. The number of nitro groups is 1. The van der Waals surface area contributed by atoms with Crippen molar-refractivity contribution in [1.29, 1.82) is 0 Å². The number of likely N-dealkylation sites (tertiary alicyclic amines) is 1. The summed E-state index contributed by atoms with van der Waals surface area (Å²) in [5.74, 6) is -1.99. The minimum atomic E-state index is -4.65. The van der Waals surface area contributed by atoms with Crippen LogP contribution in [0.5, 0.6) is 11.5 Å². The molecule has 4 N–H and O–H groups in total. The Morgan fingerprint density at radius 1 is 0.904 bits per heavy atom. The largest absolute Gasteiger partial charge is 0.455 e. The summed E-state index contributed by atoms with van der Waals surface area (Å²) >= 11 is 7.72. The molecular formula is C60H63ClN10O10S2. The smallest absolute Gasteiger partial charge is 0.293 e. The number of pyridine rings is 1. The van der Waals surface area contributed by atoms with Gasteiger partial charge < -0.3 is 24.8 Å². The molecule has 0 bridgehead atoms. The molecule has 5 aliphatic rings. The summed E-state index contributed by atoms with van der Waals surface area (Å²) < 4.78 is 36.4. The van der Waals surface area contributed by atoms with E-state index in [4.69, 9.17) is 16.3 Å². The number of rotatable bonds is 18. The highest BCUT2D eigenvalue weighted by atomic mass is 35.5. The standard InChI is InChI=1S/C60H63ClN10O10S2/c1-60(2)20-16-40(47(33-60)38-6-8-41(61)9-7-38)36-68-24-26-69(27-25-68)42-10-12-45(51(31-42)81-43-30-39-17-21-62-55(39)64-35-43)56(73)66-83(79,80)44-11-13-48(50(32-44)71(77)78)63-34-37-18-22-67(23-19-37)28-29-82-52-5-3-4-46-54(52)59(76)70(58(46)75)49-14-15-53(72)65-57(49)74/h3-13,17,21,30-32,35,37,49,63H,14-16,18-20,22-29,33-34,36H2,1-2H3,(H,62,64)(H,66,73)(H,65,72,74). The topological polar surface area (TPSA) is 250 Å². The molecule has 2 aromatic heterocycles. The number of benzene rings is 4. The van der Waals surface area contributed by atoms with E-state index < -0.39 is 61.1 Å². The summed E-state index contributed by atoms with van der Waals surface area (Å²) in [5.41, 5.74) is 5.77. The monoisotopic (exact) mass is 1180 g/mol. The van der Waals surface area contributed by atoms with Gasteiger partial charge in [0.2, 0.25) is 11.8 Å². The molecule has 6 aromatic rings. The van der Waals surface area contributed by atoms with Gasteiger partial charge in [-0.25, -0.2) is 18.1 Å². The quantitative estimate of drug-likeness (QED) is 0.0271. The summed E-state index contributed by atoms with van der Waals surface area (Å²) in [5, 5.41) is 19.3. The molecule has 6 heterocycles. The number of carbonyl (C=O) groups excluding carboxylic acids is 5. The van der Waals surface area contributed by atoms with Crippen molar-refractivity contribution in [1.82, 2.24) is 34.7 Å². The molecule has 0 spiro atoms. The van der Waals surface area contributed by atoms with Crippen LogP contribution in [0.3, 0.4) is 0 Å². The number of imide groups is 2. The van der Waals surface area contributed by atoms with E-state index in [-0.39, 0.29) is 52.3 Å². The number of aromatic amines is 1. The van der Waals surface area contributed by atoms with Crippen molar-refractivity contribution in [2.24, 2.45) is 11.3 Å². The predicted octanol–water partition coefficient (Wildman–Crippen LogP) is 9.14. The summed E-state index contributed by atoms with van der Waals surface area (Å²) in [6.45, 7) is 11.1. The number of halogens is 1. The van der Waals surface area contributed by atoms with Gasteiger partial charge in [-0.3, -0.25) is 49.2 Å². The second kappa shape index (κ2) is 23.9. The highest BCUT2D eigenvalue weighted by Gasteiger charge is 2.46. The van der Waals surface area contributed by atoms with Gasteiger partial charge in [-0.2, -0.15) is 0 Å². The van der Waals surface area contributed by atoms with Gasteiger partial charge in [-0.15, -0.1) is 11.8 Å². The summed E-state index contributed by atoms with van der Waals surface area (Å²) in [4.78, 5) is 92.7. The molecule has 0 saturated carbocycles. The number of piperidine rings is 2. The molecule has 432 valence electrons. The number of anilines is 2. The van der Waals surface area contributed by atoms with Gasteiger partial charge in [0, 0.05) is 97.3 Å². The number of nitrogens with one attached hydrogen (secondary N) is 4. The number of piperazine rings is 1. The number of hydrogen-bond donors (Lipinski definition) is 4. The van der Waals surface area contributed by atoms with Crippen LogP contribution in [-0.2, 0) is 19.6 Å². The number of carbonyl (C=O) groups is 5. The number of hydrogen-bond acceptors (Lipinski definition) is 16. The molecule has 3 fully saturated rings. The zero-order valence-corrected chi connectivity index (χ0v) is 48.3. The lowest BCUT2D eigenvalue weighted by Gasteiger charge is -2.39. The van der Waals surface area contributed by atoms with Crippen LogP contribution in [0, 0.1) is 21.4 Å². The third-order valence-electron chi connectivity index (χ3n) is 16.4. The number of H-pyrrole nitrogens is 1. The molecule has 23 heteroatoms. The number of amides is 5. The summed E-state index contributed by atoms with van der Waals surface area (Å²) in [6.07, 6.45) is 8.07. The van der Waals surface area contributed by atoms with Crippen molar-refractivity contribution in [2.75, 3.05) is 74.9 Å². The van der Waals surface area contributed by atoms with Gasteiger partial charge in [0.05, 0.1) is 32.7 Å². The molecule has 0 radical (unpaired) electrons. The maximum atomic E-state index is 14.2. The Morgan fingerprint density at radius 3 is 2.45 bits per heavy atom. The molecule has 11 rings (SSSR count). The molecule has 1 atom stereocenters. The number of nitrogens with zero attached hydrogens (tertiary/aromatic N) is 6. The van der Waals surface area contributed by atoms with Gasteiger partial charge >= 0.3 is 0 Å². The molecular weight excluding hydrogens is 1120 g/mol. The zero-order valence-electron chi connectivity index (χ0n) is 46.0. The van der Waals surface area contributed by atoms with Crippen LogP contribution in [0.2, 0.25) is 5.02 Å². The first-order chi connectivity index (χ1) is 39.9. The SMILES string of the molecule is CC1(C)CCC(CN2CCN(c3ccc(C(=O)NS(=O)(=O)c4ccc(NCC5CCN(CCSc6cccc7c6C(=O)N(C6CCC(=O)NC6=O)C7=O)CC5)c([N+](=O)[O-])c4)c(Oc4cnc5[nH]ccc5c4)c3)CC2)=C(c2ccc(Cl)cc2)C1. The van der Waals surface area contributed by atoms with E-state index in [1.54, 1.807) is 42.6 Å². The maximum absolute atomic E-state index is 14.2. The number of sulfonamides is 1. The number of allylic oxidation sites excluding steroid dienone is 1. The molecule has 83 heavy (non-hydrogen) atoms. The fraction of sp³-hybridized carbons (Fsp3) is 0.367. The first kappa shape index (κ1) is 57.2. The Labute approximate surface area is 489 Å². The van der Waals surface area contributed by atoms with Crippen molar-refractivity contribution in [3.63, 3.8) is 0 Å². The van der Waals surface area contributed by atoms with Crippen LogP contribution in [0.1, 0.15) is 95.4 Å². The van der Waals surface area contributed by atoms with E-state index in [1.165, 1.54) is 52.9 Å². The van der Waals surface area contributed by atoms with Crippen molar-refractivity contribution < 1.29 is 42.1 Å². The maximum Gasteiger partial charge on any atom is 0.293 e. The van der Waals surface area contributed by atoms with Crippen molar-refractivity contribution in [3.8, 4) is 11.5 Å². The Bertz CT molecular complexity index is 3710. The number of fused-ring (bicyclic) bond motifs is 2. The van der Waals surface area contributed by atoms with E-state index in [0.29, 0.717) is 53.2 Å². The molecule has 4 aliphatic heterocycles. The second-order valence-corrected chi connectivity index (χ2v) is 25.8. The summed E-state index contributed by atoms with van der Waals surface area (Å²) in [6, 6.07) is 24.3. The number of ether oxygens (including phenoxy) is 1. The fourth-order valence-electron chi connectivity index (χ4n) is 11.8. The summed E-state index contributed by atoms with van der Waals surface area (Å²) in [7, 11) is -4.65. The van der Waals surface area contributed by atoms with E-state index >= 15 is 0 Å². The molecule has 1 aliphatic carbocycles. The van der Waals surface area contributed by atoms with Gasteiger partial charge in [-0.05, 0) is 135 Å². The highest BCUT2D eigenvalue weighted by molar-refractivity contribution is 7.99. The van der Waals surface area contributed by atoms with Gasteiger partial charge in [0.15, 0.2) is 0 Å². The Kier molecular flexibility index (Phi) is 16.5. The molecule has 5 amide bonds. The zero-order chi connectivity index (χ0) is 58.2. The fourth-order valence-corrected chi connectivity index (χ4v) is 14.0. The Hall–Kier alpha value is -7.63. The lowest BCUT2D eigenvalue weighted by molar-refractivity contribution is -0.384. The van der Waals surface area contributed by atoms with Crippen LogP contribution in [0.15, 0.2) is 119 Å². The molecule has 3 saturated heterocycles. The first-order valence-electron chi connectivity index (χ1n) is 27.8. The van der Waals surface area contributed by atoms with Crippen molar-refractivity contribution in [2.45, 2.75) is 74.6 Å². The van der Waals surface area contributed by atoms with Crippen LogP contribution in [0.4, 0.5) is 17.1 Å². The number of thioether (sulfide) groups is 1. The molecule has 4 aromatic carbocycles. The van der Waals surface area contributed by atoms with Crippen LogP contribution in [-0.4, -0.2) is 138 Å². The predicted molar refractivity (Wildman–Crippen MR) is 317 cm³/mol. The van der Waals surface area contributed by atoms with E-state index in [9.17, 15) is 42.5 Å². The average Bonchev–Trinajstić information content (AvgIpc) is 2.62. The minimum absolute atomic E-state index is 0.0379.